The summed E-state index contributed by atoms with van der Waals surface area (Å²) in [5.41, 5.74) is 0.648. The Morgan fingerprint density at radius 3 is 2.57 bits per heavy atom. The Hall–Kier alpha value is -2.49. The first-order valence-electron chi connectivity index (χ1n) is 8.43. The molecule has 0 radical (unpaired) electrons. The van der Waals surface area contributed by atoms with Gasteiger partial charge in [0.15, 0.2) is 11.6 Å². The molecule has 2 aromatic heterocycles. The fourth-order valence-corrected chi connectivity index (χ4v) is 4.28. The monoisotopic (exact) mass is 464 g/mol. The molecular weight excluding hydrogens is 451 g/mol. The van der Waals surface area contributed by atoms with Gasteiger partial charge in [0, 0.05) is 23.5 Å². The Labute approximate surface area is 172 Å². The molecule has 7 nitrogen and oxygen atoms in total. The molecule has 0 bridgehead atoms. The number of pyridine rings is 1. The third-order valence-corrected chi connectivity index (χ3v) is 5.85. The van der Waals surface area contributed by atoms with Gasteiger partial charge in [-0.25, -0.2) is 8.78 Å². The van der Waals surface area contributed by atoms with Crippen molar-refractivity contribution in [2.45, 2.75) is 18.5 Å². The van der Waals surface area contributed by atoms with E-state index in [1.807, 2.05) is 0 Å². The molecule has 30 heavy (non-hydrogen) atoms. The summed E-state index contributed by atoms with van der Waals surface area (Å²) in [4.78, 5) is 7.60. The van der Waals surface area contributed by atoms with Crippen LogP contribution in [0.5, 0.6) is 0 Å². The highest BCUT2D eigenvalue weighted by atomic mass is 35.5. The standard InChI is InChI=1S/C17H14ClF4N4O3P/c1-2-28-30(27,26-11-5-6-13(19)14(20)7-11)9-12-4-3-10(8-23-12)15-24-16(29-25-15)17(18,21)22/h3-8H,2,9H2,1H3,(H,26,27). The Bertz CT molecular complexity index is 1080. The van der Waals surface area contributed by atoms with E-state index >= 15 is 0 Å². The van der Waals surface area contributed by atoms with Crippen LogP contribution in [0, 0.1) is 11.6 Å². The minimum atomic E-state index is -3.80. The average molecular weight is 465 g/mol. The van der Waals surface area contributed by atoms with E-state index in [0.717, 1.165) is 12.1 Å². The first-order chi connectivity index (χ1) is 14.1. The second-order valence-corrected chi connectivity index (χ2v) is 8.57. The van der Waals surface area contributed by atoms with Crippen LogP contribution in [0.3, 0.4) is 0 Å². The van der Waals surface area contributed by atoms with Gasteiger partial charge in [-0.15, -0.1) is 0 Å². The van der Waals surface area contributed by atoms with E-state index in [4.69, 9.17) is 16.1 Å². The van der Waals surface area contributed by atoms with E-state index in [1.165, 1.54) is 24.4 Å². The Morgan fingerprint density at radius 1 is 1.23 bits per heavy atom. The second kappa shape index (κ2) is 8.71. The summed E-state index contributed by atoms with van der Waals surface area (Å²) in [7, 11) is -3.57. The predicted octanol–water partition coefficient (Wildman–Crippen LogP) is 5.54. The molecule has 0 spiro atoms. The van der Waals surface area contributed by atoms with Gasteiger partial charge in [-0.2, -0.15) is 13.8 Å². The molecular formula is C17H14ClF4N4O3P. The van der Waals surface area contributed by atoms with Crippen LogP contribution in [-0.4, -0.2) is 21.7 Å². The summed E-state index contributed by atoms with van der Waals surface area (Å²) >= 11 is 4.83. The van der Waals surface area contributed by atoms with E-state index in [0.29, 0.717) is 5.69 Å². The van der Waals surface area contributed by atoms with Gasteiger partial charge in [-0.1, -0.05) is 5.16 Å². The molecule has 1 unspecified atom stereocenters. The maximum absolute atomic E-state index is 13.4. The van der Waals surface area contributed by atoms with Crippen molar-refractivity contribution in [3.8, 4) is 11.4 Å². The number of benzene rings is 1. The molecule has 3 rings (SSSR count). The molecule has 0 saturated carbocycles. The highest BCUT2D eigenvalue weighted by molar-refractivity contribution is 7.59. The van der Waals surface area contributed by atoms with Gasteiger partial charge in [0.25, 0.3) is 7.52 Å². The van der Waals surface area contributed by atoms with E-state index in [2.05, 4.69) is 24.7 Å². The van der Waals surface area contributed by atoms with E-state index in [1.54, 1.807) is 6.92 Å². The van der Waals surface area contributed by atoms with E-state index < -0.39 is 30.4 Å². The number of nitrogens with one attached hydrogen (secondary N) is 1. The summed E-state index contributed by atoms with van der Waals surface area (Å²) < 4.78 is 75.3. The van der Waals surface area contributed by atoms with Gasteiger partial charge >= 0.3 is 11.3 Å². The molecule has 1 aromatic carbocycles. The van der Waals surface area contributed by atoms with Crippen LogP contribution in [0.2, 0.25) is 0 Å². The number of hydrogen-bond acceptors (Lipinski definition) is 6. The minimum absolute atomic E-state index is 0.0728. The first-order valence-corrected chi connectivity index (χ1v) is 10.6. The first kappa shape index (κ1) is 22.2. The van der Waals surface area contributed by atoms with Gasteiger partial charge < -0.3 is 14.1 Å². The number of anilines is 1. The lowest BCUT2D eigenvalue weighted by atomic mass is 10.2. The quantitative estimate of drug-likeness (QED) is 0.266. The third kappa shape index (κ3) is 5.35. The summed E-state index contributed by atoms with van der Waals surface area (Å²) in [5.74, 6) is -3.36. The van der Waals surface area contributed by atoms with Crippen LogP contribution in [-0.2, 0) is 20.6 Å². The lowest BCUT2D eigenvalue weighted by molar-refractivity contribution is 0.0551. The van der Waals surface area contributed by atoms with Crippen LogP contribution < -0.4 is 5.09 Å². The maximum Gasteiger partial charge on any atom is 0.400 e. The average Bonchev–Trinajstić information content (AvgIpc) is 3.16. The fourth-order valence-electron chi connectivity index (χ4n) is 2.41. The summed E-state index contributed by atoms with van der Waals surface area (Å²) in [6.07, 6.45) is 1.08. The Morgan fingerprint density at radius 2 is 2.00 bits per heavy atom. The van der Waals surface area contributed by atoms with Gasteiger partial charge in [0.1, 0.15) is 0 Å². The van der Waals surface area contributed by atoms with Crippen molar-refractivity contribution in [3.63, 3.8) is 0 Å². The third-order valence-electron chi connectivity index (χ3n) is 3.68. The lowest BCUT2D eigenvalue weighted by Crippen LogP contribution is -2.06. The van der Waals surface area contributed by atoms with Gasteiger partial charge in [-0.3, -0.25) is 9.55 Å². The fraction of sp³-hybridized carbons (Fsp3) is 0.235. The van der Waals surface area contributed by atoms with Crippen molar-refractivity contribution in [2.24, 2.45) is 0 Å². The van der Waals surface area contributed by atoms with Crippen LogP contribution >= 0.6 is 19.1 Å². The molecule has 0 saturated heterocycles. The predicted molar refractivity (Wildman–Crippen MR) is 100 cm³/mol. The lowest BCUT2D eigenvalue weighted by Gasteiger charge is -2.20. The molecule has 0 amide bonds. The maximum atomic E-state index is 13.4. The van der Waals surface area contributed by atoms with Crippen LogP contribution in [0.1, 0.15) is 18.5 Å². The number of halogens is 5. The highest BCUT2D eigenvalue weighted by Gasteiger charge is 2.35. The number of nitrogens with zero attached hydrogens (tertiary/aromatic N) is 3. The molecule has 2 heterocycles. The number of rotatable bonds is 8. The molecule has 1 N–H and O–H groups in total. The number of alkyl halides is 3. The molecule has 1 atom stereocenters. The normalized spacial score (nSPS) is 13.8. The largest absolute Gasteiger partial charge is 0.400 e. The van der Waals surface area contributed by atoms with Crippen molar-refractivity contribution >= 4 is 24.8 Å². The van der Waals surface area contributed by atoms with Crippen molar-refractivity contribution in [1.29, 1.82) is 0 Å². The van der Waals surface area contributed by atoms with Crippen molar-refractivity contribution in [2.75, 3.05) is 11.7 Å². The van der Waals surface area contributed by atoms with Crippen LogP contribution in [0.15, 0.2) is 41.1 Å². The Kier molecular flexibility index (Phi) is 6.44. The van der Waals surface area contributed by atoms with Crippen LogP contribution in [0.4, 0.5) is 23.2 Å². The van der Waals surface area contributed by atoms with Gasteiger partial charge in [0.05, 0.1) is 18.5 Å². The smallest absolute Gasteiger partial charge is 0.331 e. The molecule has 160 valence electrons. The second-order valence-electron chi connectivity index (χ2n) is 5.95. The van der Waals surface area contributed by atoms with Crippen molar-refractivity contribution in [1.82, 2.24) is 15.1 Å². The molecule has 0 aliphatic carbocycles. The Balaban J connectivity index is 1.77. The minimum Gasteiger partial charge on any atom is -0.331 e. The number of hydrogen-bond donors (Lipinski definition) is 1. The van der Waals surface area contributed by atoms with Crippen molar-refractivity contribution in [3.05, 3.63) is 59.7 Å². The molecule has 3 aromatic rings. The highest BCUT2D eigenvalue weighted by Crippen LogP contribution is 2.49. The number of aromatic nitrogens is 3. The van der Waals surface area contributed by atoms with Gasteiger partial charge in [-0.05, 0) is 42.8 Å². The molecule has 0 fully saturated rings. The zero-order valence-corrected chi connectivity index (χ0v) is 16.9. The topological polar surface area (TPSA) is 90.1 Å². The molecule has 13 heteroatoms. The van der Waals surface area contributed by atoms with E-state index in [9.17, 15) is 22.1 Å². The van der Waals surface area contributed by atoms with Crippen LogP contribution in [0.25, 0.3) is 11.4 Å². The zero-order valence-electron chi connectivity index (χ0n) is 15.3. The molecule has 0 aliphatic rings. The zero-order chi connectivity index (χ0) is 21.9. The van der Waals surface area contributed by atoms with Crippen molar-refractivity contribution < 1.29 is 31.2 Å². The summed E-state index contributed by atoms with van der Waals surface area (Å²) in [5, 5.41) is 2.20. The summed E-state index contributed by atoms with van der Waals surface area (Å²) in [6, 6.07) is 5.89. The molecule has 0 aliphatic heterocycles. The van der Waals surface area contributed by atoms with E-state index in [-0.39, 0.29) is 29.8 Å². The summed E-state index contributed by atoms with van der Waals surface area (Å²) in [6.45, 7) is 1.71. The SMILES string of the molecule is CCOP(=O)(Cc1ccc(-c2noc(C(F)(F)Cl)n2)cn1)Nc1ccc(F)c(F)c1. The van der Waals surface area contributed by atoms with Gasteiger partial charge in [0.2, 0.25) is 5.82 Å².